The van der Waals surface area contributed by atoms with Gasteiger partial charge in [-0.25, -0.2) is 18.1 Å². The Labute approximate surface area is 191 Å². The van der Waals surface area contributed by atoms with Gasteiger partial charge in [-0.05, 0) is 49.1 Å². The molecule has 2 heterocycles. The summed E-state index contributed by atoms with van der Waals surface area (Å²) in [7, 11) is -3.57. The van der Waals surface area contributed by atoms with Gasteiger partial charge in [0.05, 0.1) is 0 Å². The van der Waals surface area contributed by atoms with E-state index in [1.165, 1.54) is 11.8 Å². The Morgan fingerprint density at radius 2 is 1.69 bits per heavy atom. The summed E-state index contributed by atoms with van der Waals surface area (Å²) >= 11 is 0. The first-order valence-electron chi connectivity index (χ1n) is 11.3. The van der Waals surface area contributed by atoms with E-state index in [1.807, 2.05) is 43.0 Å². The number of carbonyl (C=O) groups is 1. The first-order valence-corrected chi connectivity index (χ1v) is 12.8. The van der Waals surface area contributed by atoms with E-state index < -0.39 is 10.0 Å². The molecular formula is C24H34N4O3S. The topological polar surface area (TPSA) is 82.6 Å². The van der Waals surface area contributed by atoms with Gasteiger partial charge in [0.15, 0.2) is 0 Å². The van der Waals surface area contributed by atoms with E-state index in [9.17, 15) is 13.2 Å². The van der Waals surface area contributed by atoms with Gasteiger partial charge in [0.1, 0.15) is 10.7 Å². The first-order chi connectivity index (χ1) is 15.2. The maximum Gasteiger partial charge on any atom is 0.253 e. The number of benzene rings is 1. The molecule has 32 heavy (non-hydrogen) atoms. The molecule has 1 unspecified atom stereocenters. The molecule has 1 N–H and O–H groups in total. The van der Waals surface area contributed by atoms with Gasteiger partial charge in [-0.2, -0.15) is 0 Å². The molecule has 1 aliphatic rings. The van der Waals surface area contributed by atoms with E-state index in [2.05, 4.69) is 28.5 Å². The van der Waals surface area contributed by atoms with E-state index in [1.54, 1.807) is 12.1 Å². The number of aromatic nitrogens is 1. The molecule has 0 bridgehead atoms. The molecule has 0 radical (unpaired) electrons. The first kappa shape index (κ1) is 24.2. The van der Waals surface area contributed by atoms with Gasteiger partial charge in [-0.3, -0.25) is 4.79 Å². The van der Waals surface area contributed by atoms with Crippen LogP contribution >= 0.6 is 0 Å². The number of hydrogen-bond donors (Lipinski definition) is 1. The minimum atomic E-state index is -3.57. The SMILES string of the molecule is CCCC(C)NS(=O)(=O)c1ccc(N2CCN(C(=O)c3ccc(C(C)C)cc3)CC2)nc1. The average molecular weight is 459 g/mol. The van der Waals surface area contributed by atoms with Crippen molar-refractivity contribution < 1.29 is 13.2 Å². The fourth-order valence-electron chi connectivity index (χ4n) is 3.88. The van der Waals surface area contributed by atoms with Gasteiger partial charge in [-0.1, -0.05) is 39.3 Å². The molecule has 1 aromatic heterocycles. The molecule has 174 valence electrons. The van der Waals surface area contributed by atoms with Crippen LogP contribution in [0.1, 0.15) is 62.4 Å². The summed E-state index contributed by atoms with van der Waals surface area (Å²) in [4.78, 5) is 21.3. The Balaban J connectivity index is 1.58. The number of nitrogens with one attached hydrogen (secondary N) is 1. The Hall–Kier alpha value is -2.45. The molecule has 1 aliphatic heterocycles. The quantitative estimate of drug-likeness (QED) is 0.653. The largest absolute Gasteiger partial charge is 0.353 e. The number of nitrogens with zero attached hydrogens (tertiary/aromatic N) is 3. The average Bonchev–Trinajstić information content (AvgIpc) is 2.78. The lowest BCUT2D eigenvalue weighted by molar-refractivity contribution is 0.0746. The van der Waals surface area contributed by atoms with E-state index in [4.69, 9.17) is 0 Å². The van der Waals surface area contributed by atoms with Crippen molar-refractivity contribution in [1.82, 2.24) is 14.6 Å². The third-order valence-corrected chi connectivity index (χ3v) is 7.40. The molecule has 1 amide bonds. The van der Waals surface area contributed by atoms with Crippen LogP contribution in [0.2, 0.25) is 0 Å². The van der Waals surface area contributed by atoms with Crippen LogP contribution in [-0.2, 0) is 10.0 Å². The van der Waals surface area contributed by atoms with Crippen LogP contribution in [0.3, 0.4) is 0 Å². The predicted molar refractivity (Wildman–Crippen MR) is 128 cm³/mol. The van der Waals surface area contributed by atoms with Crippen LogP contribution in [-0.4, -0.2) is 56.4 Å². The normalized spacial score (nSPS) is 15.8. The second kappa shape index (κ2) is 10.4. The Morgan fingerprint density at radius 3 is 2.22 bits per heavy atom. The Bertz CT molecular complexity index is 997. The predicted octanol–water partition coefficient (Wildman–Crippen LogP) is 3.63. The third kappa shape index (κ3) is 5.86. The highest BCUT2D eigenvalue weighted by Crippen LogP contribution is 2.19. The van der Waals surface area contributed by atoms with Gasteiger partial charge < -0.3 is 9.80 Å². The van der Waals surface area contributed by atoms with Crippen molar-refractivity contribution in [2.45, 2.75) is 57.4 Å². The lowest BCUT2D eigenvalue weighted by Gasteiger charge is -2.35. The minimum absolute atomic E-state index is 0.0432. The highest BCUT2D eigenvalue weighted by atomic mass is 32.2. The van der Waals surface area contributed by atoms with Crippen molar-refractivity contribution in [3.8, 4) is 0 Å². The summed E-state index contributed by atoms with van der Waals surface area (Å²) in [5.41, 5.74) is 1.93. The number of amides is 1. The molecule has 0 saturated carbocycles. The van der Waals surface area contributed by atoms with Crippen molar-refractivity contribution in [2.24, 2.45) is 0 Å². The standard InChI is InChI=1S/C24H34N4O3S/c1-5-6-19(4)26-32(30,31)22-11-12-23(25-17-22)27-13-15-28(16-14-27)24(29)21-9-7-20(8-10-21)18(2)3/h7-12,17-19,26H,5-6,13-16H2,1-4H3. The summed E-state index contributed by atoms with van der Waals surface area (Å²) in [5.74, 6) is 1.20. The van der Waals surface area contributed by atoms with Gasteiger partial charge in [0.2, 0.25) is 10.0 Å². The number of sulfonamides is 1. The van der Waals surface area contributed by atoms with Crippen molar-refractivity contribution in [3.05, 3.63) is 53.7 Å². The number of hydrogen-bond acceptors (Lipinski definition) is 5. The molecule has 1 saturated heterocycles. The number of pyridine rings is 1. The molecule has 0 aliphatic carbocycles. The van der Waals surface area contributed by atoms with Gasteiger partial charge in [-0.15, -0.1) is 0 Å². The fourth-order valence-corrected chi connectivity index (χ4v) is 5.10. The maximum absolute atomic E-state index is 12.8. The van der Waals surface area contributed by atoms with Crippen LogP contribution in [0.5, 0.6) is 0 Å². The lowest BCUT2D eigenvalue weighted by Crippen LogP contribution is -2.49. The zero-order valence-corrected chi connectivity index (χ0v) is 20.2. The van der Waals surface area contributed by atoms with Crippen molar-refractivity contribution in [1.29, 1.82) is 0 Å². The summed E-state index contributed by atoms with van der Waals surface area (Å²) < 4.78 is 27.7. The number of rotatable bonds is 8. The molecule has 1 fully saturated rings. The monoisotopic (exact) mass is 458 g/mol. The molecule has 7 nitrogen and oxygen atoms in total. The van der Waals surface area contributed by atoms with Crippen LogP contribution in [0.25, 0.3) is 0 Å². The Kier molecular flexibility index (Phi) is 7.90. The summed E-state index contributed by atoms with van der Waals surface area (Å²) in [5, 5.41) is 0. The van der Waals surface area contributed by atoms with E-state index in [0.717, 1.165) is 18.7 Å². The van der Waals surface area contributed by atoms with E-state index >= 15 is 0 Å². The second-order valence-electron chi connectivity index (χ2n) is 8.72. The highest BCUT2D eigenvalue weighted by Gasteiger charge is 2.24. The van der Waals surface area contributed by atoms with Crippen LogP contribution < -0.4 is 9.62 Å². The Morgan fingerprint density at radius 1 is 1.03 bits per heavy atom. The van der Waals surface area contributed by atoms with Gasteiger partial charge in [0.25, 0.3) is 5.91 Å². The van der Waals surface area contributed by atoms with Crippen molar-refractivity contribution in [2.75, 3.05) is 31.1 Å². The molecular weight excluding hydrogens is 424 g/mol. The van der Waals surface area contributed by atoms with Crippen molar-refractivity contribution >= 4 is 21.7 Å². The number of carbonyl (C=O) groups excluding carboxylic acids is 1. The summed E-state index contributed by atoms with van der Waals surface area (Å²) in [6, 6.07) is 11.1. The smallest absolute Gasteiger partial charge is 0.253 e. The molecule has 2 aromatic rings. The maximum atomic E-state index is 12.8. The van der Waals surface area contributed by atoms with Crippen LogP contribution in [0.15, 0.2) is 47.5 Å². The molecule has 3 rings (SSSR count). The molecule has 1 aromatic carbocycles. The lowest BCUT2D eigenvalue weighted by atomic mass is 10.0. The summed E-state index contributed by atoms with van der Waals surface area (Å²) in [6.07, 6.45) is 3.11. The zero-order chi connectivity index (χ0) is 23.3. The molecule has 0 spiro atoms. The number of anilines is 1. The zero-order valence-electron chi connectivity index (χ0n) is 19.4. The summed E-state index contributed by atoms with van der Waals surface area (Å²) in [6.45, 7) is 10.7. The van der Waals surface area contributed by atoms with Gasteiger partial charge >= 0.3 is 0 Å². The minimum Gasteiger partial charge on any atom is -0.353 e. The number of piperazine rings is 1. The van der Waals surface area contributed by atoms with E-state index in [0.29, 0.717) is 37.7 Å². The van der Waals surface area contributed by atoms with E-state index in [-0.39, 0.29) is 16.8 Å². The second-order valence-corrected chi connectivity index (χ2v) is 10.4. The molecule has 8 heteroatoms. The van der Waals surface area contributed by atoms with Crippen LogP contribution in [0.4, 0.5) is 5.82 Å². The third-order valence-electron chi connectivity index (χ3n) is 5.82. The van der Waals surface area contributed by atoms with Gasteiger partial charge in [0, 0.05) is 44.0 Å². The molecule has 1 atom stereocenters. The van der Waals surface area contributed by atoms with Crippen molar-refractivity contribution in [3.63, 3.8) is 0 Å². The van der Waals surface area contributed by atoms with Crippen LogP contribution in [0, 0.1) is 0 Å². The highest BCUT2D eigenvalue weighted by molar-refractivity contribution is 7.89. The fraction of sp³-hybridized carbons (Fsp3) is 0.500.